The van der Waals surface area contributed by atoms with Crippen molar-refractivity contribution in [2.24, 2.45) is 0 Å². The van der Waals surface area contributed by atoms with Crippen LogP contribution in [0.5, 0.6) is 5.75 Å². The summed E-state index contributed by atoms with van der Waals surface area (Å²) >= 11 is 0. The second-order valence-electron chi connectivity index (χ2n) is 8.00. The lowest BCUT2D eigenvalue weighted by Crippen LogP contribution is -2.32. The van der Waals surface area contributed by atoms with Crippen LogP contribution in [0.25, 0.3) is 0 Å². The van der Waals surface area contributed by atoms with E-state index in [9.17, 15) is 13.2 Å². The second-order valence-corrected chi connectivity index (χ2v) is 9.90. The fourth-order valence-corrected chi connectivity index (χ4v) is 5.65. The Morgan fingerprint density at radius 1 is 1.03 bits per heavy atom. The highest BCUT2D eigenvalue weighted by Crippen LogP contribution is 2.29. The molecule has 1 aromatic heterocycles. The molecule has 3 aromatic rings. The molecule has 0 unspecified atom stereocenters. The lowest BCUT2D eigenvalue weighted by Gasteiger charge is -2.21. The molecule has 0 atom stereocenters. The fraction of sp³-hybridized carbons (Fsp3) is 0.333. The van der Waals surface area contributed by atoms with Crippen molar-refractivity contribution in [2.45, 2.75) is 37.1 Å². The van der Waals surface area contributed by atoms with E-state index in [-0.39, 0.29) is 16.2 Å². The number of carbonyl (C=O) groups is 1. The first-order valence-corrected chi connectivity index (χ1v) is 12.5. The standard InChI is InChI=1S/C24H28N4O4S/c1-32-21-12-11-20(17-22(21)33(30,31)27-15-7-2-3-8-16-27)24(29)26-23-13-14-25-28(23)18-19-9-5-4-6-10-19/h4-6,9-14,17H,2-3,7-8,15-16,18H2,1H3,(H,26,29). The molecule has 1 saturated heterocycles. The van der Waals surface area contributed by atoms with Gasteiger partial charge in [-0.25, -0.2) is 13.1 Å². The van der Waals surface area contributed by atoms with Gasteiger partial charge in [-0.3, -0.25) is 4.79 Å². The van der Waals surface area contributed by atoms with Gasteiger partial charge in [0.2, 0.25) is 10.0 Å². The third-order valence-electron chi connectivity index (χ3n) is 5.74. The van der Waals surface area contributed by atoms with E-state index in [1.54, 1.807) is 23.0 Å². The number of hydrogen-bond donors (Lipinski definition) is 1. The largest absolute Gasteiger partial charge is 0.495 e. The van der Waals surface area contributed by atoms with Crippen molar-refractivity contribution in [3.63, 3.8) is 0 Å². The number of methoxy groups -OCH3 is 1. The lowest BCUT2D eigenvalue weighted by molar-refractivity contribution is 0.102. The summed E-state index contributed by atoms with van der Waals surface area (Å²) in [6.45, 7) is 1.45. The van der Waals surface area contributed by atoms with E-state index >= 15 is 0 Å². The molecule has 1 aliphatic heterocycles. The van der Waals surface area contributed by atoms with Crippen molar-refractivity contribution in [3.05, 3.63) is 71.9 Å². The maximum Gasteiger partial charge on any atom is 0.256 e. The number of carbonyl (C=O) groups excluding carboxylic acids is 1. The summed E-state index contributed by atoms with van der Waals surface area (Å²) < 4.78 is 35.2. The van der Waals surface area contributed by atoms with Crippen molar-refractivity contribution >= 4 is 21.7 Å². The Balaban J connectivity index is 1.58. The zero-order chi connectivity index (χ0) is 23.3. The number of aromatic nitrogens is 2. The molecule has 9 heteroatoms. The number of sulfonamides is 1. The average Bonchev–Trinajstić information content (AvgIpc) is 3.08. The Bertz CT molecular complexity index is 1200. The molecule has 174 valence electrons. The van der Waals surface area contributed by atoms with Gasteiger partial charge in [-0.05, 0) is 36.6 Å². The maximum atomic E-state index is 13.4. The molecule has 4 rings (SSSR count). The predicted octanol–water partition coefficient (Wildman–Crippen LogP) is 3.76. The summed E-state index contributed by atoms with van der Waals surface area (Å²) in [6, 6.07) is 16.0. The van der Waals surface area contributed by atoms with Crippen LogP contribution in [-0.4, -0.2) is 48.6 Å². The Morgan fingerprint density at radius 2 is 1.76 bits per heavy atom. The van der Waals surface area contributed by atoms with E-state index in [0.717, 1.165) is 31.2 Å². The van der Waals surface area contributed by atoms with Crippen molar-refractivity contribution in [1.82, 2.24) is 14.1 Å². The fourth-order valence-electron chi connectivity index (χ4n) is 3.95. The summed E-state index contributed by atoms with van der Waals surface area (Å²) in [4.78, 5) is 13.0. The van der Waals surface area contributed by atoms with E-state index in [4.69, 9.17) is 4.74 Å². The zero-order valence-corrected chi connectivity index (χ0v) is 19.4. The number of nitrogens with zero attached hydrogens (tertiary/aromatic N) is 3. The molecule has 1 aliphatic rings. The first-order chi connectivity index (χ1) is 16.0. The van der Waals surface area contributed by atoms with Gasteiger partial charge < -0.3 is 10.1 Å². The minimum Gasteiger partial charge on any atom is -0.495 e. The number of nitrogens with one attached hydrogen (secondary N) is 1. The molecule has 0 bridgehead atoms. The van der Waals surface area contributed by atoms with Gasteiger partial charge >= 0.3 is 0 Å². The molecule has 0 aliphatic carbocycles. The quantitative estimate of drug-likeness (QED) is 0.570. The Morgan fingerprint density at radius 3 is 2.45 bits per heavy atom. The van der Waals surface area contributed by atoms with Crippen molar-refractivity contribution in [1.29, 1.82) is 0 Å². The Labute approximate surface area is 194 Å². The van der Waals surface area contributed by atoms with Crippen LogP contribution in [0.2, 0.25) is 0 Å². The van der Waals surface area contributed by atoms with E-state index in [1.807, 2.05) is 30.3 Å². The topological polar surface area (TPSA) is 93.5 Å². The summed E-state index contributed by atoms with van der Waals surface area (Å²) in [6.07, 6.45) is 5.30. The number of rotatable bonds is 7. The summed E-state index contributed by atoms with van der Waals surface area (Å²) in [5.74, 6) is 0.335. The molecule has 1 N–H and O–H groups in total. The highest BCUT2D eigenvalue weighted by atomic mass is 32.2. The van der Waals surface area contributed by atoms with Crippen LogP contribution < -0.4 is 10.1 Å². The monoisotopic (exact) mass is 468 g/mol. The molecule has 8 nitrogen and oxygen atoms in total. The van der Waals surface area contributed by atoms with Crippen LogP contribution in [0.15, 0.2) is 65.7 Å². The third kappa shape index (κ3) is 5.26. The molecular weight excluding hydrogens is 440 g/mol. The smallest absolute Gasteiger partial charge is 0.256 e. The summed E-state index contributed by atoms with van der Waals surface area (Å²) in [5.41, 5.74) is 1.28. The van der Waals surface area contributed by atoms with Gasteiger partial charge in [-0.1, -0.05) is 43.2 Å². The van der Waals surface area contributed by atoms with Gasteiger partial charge in [0, 0.05) is 24.7 Å². The first-order valence-electron chi connectivity index (χ1n) is 11.0. The minimum absolute atomic E-state index is 0.0114. The number of benzene rings is 2. The normalized spacial score (nSPS) is 15.1. The molecule has 1 amide bonds. The number of ether oxygens (including phenoxy) is 1. The van der Waals surface area contributed by atoms with Gasteiger partial charge in [0.05, 0.1) is 19.9 Å². The molecule has 0 radical (unpaired) electrons. The van der Waals surface area contributed by atoms with Gasteiger partial charge in [-0.2, -0.15) is 9.40 Å². The number of amides is 1. The van der Waals surface area contributed by atoms with E-state index < -0.39 is 15.9 Å². The van der Waals surface area contributed by atoms with Crippen molar-refractivity contribution < 1.29 is 17.9 Å². The van der Waals surface area contributed by atoms with E-state index in [1.165, 1.54) is 23.5 Å². The van der Waals surface area contributed by atoms with Crippen LogP contribution in [0.4, 0.5) is 5.82 Å². The molecule has 2 aromatic carbocycles. The average molecular weight is 469 g/mol. The molecule has 0 saturated carbocycles. The van der Waals surface area contributed by atoms with Crippen molar-refractivity contribution in [2.75, 3.05) is 25.5 Å². The van der Waals surface area contributed by atoms with Crippen LogP contribution in [0.1, 0.15) is 41.6 Å². The first kappa shape index (κ1) is 23.0. The van der Waals surface area contributed by atoms with Crippen LogP contribution in [-0.2, 0) is 16.6 Å². The molecule has 1 fully saturated rings. The number of anilines is 1. The third-order valence-corrected chi connectivity index (χ3v) is 7.66. The molecule has 33 heavy (non-hydrogen) atoms. The minimum atomic E-state index is -3.78. The maximum absolute atomic E-state index is 13.4. The van der Waals surface area contributed by atoms with Gasteiger partial charge in [-0.15, -0.1) is 0 Å². The Hall–Kier alpha value is -3.17. The van der Waals surface area contributed by atoms with E-state index in [2.05, 4.69) is 10.4 Å². The SMILES string of the molecule is COc1ccc(C(=O)Nc2ccnn2Cc2ccccc2)cc1S(=O)(=O)N1CCCCCC1. The molecule has 2 heterocycles. The zero-order valence-electron chi connectivity index (χ0n) is 18.6. The van der Waals surface area contributed by atoms with Gasteiger partial charge in [0.1, 0.15) is 16.5 Å². The van der Waals surface area contributed by atoms with Gasteiger partial charge in [0.15, 0.2) is 0 Å². The van der Waals surface area contributed by atoms with Crippen molar-refractivity contribution in [3.8, 4) is 5.75 Å². The lowest BCUT2D eigenvalue weighted by atomic mass is 10.2. The molecule has 0 spiro atoms. The van der Waals surface area contributed by atoms with Crippen LogP contribution >= 0.6 is 0 Å². The highest BCUT2D eigenvalue weighted by molar-refractivity contribution is 7.89. The number of hydrogen-bond acceptors (Lipinski definition) is 5. The van der Waals surface area contributed by atoms with Gasteiger partial charge in [0.25, 0.3) is 5.91 Å². The summed E-state index contributed by atoms with van der Waals surface area (Å²) in [7, 11) is -2.36. The Kier molecular flexibility index (Phi) is 7.10. The van der Waals surface area contributed by atoms with E-state index in [0.29, 0.717) is 25.5 Å². The molecular formula is C24H28N4O4S. The predicted molar refractivity (Wildman–Crippen MR) is 126 cm³/mol. The second kappa shape index (κ2) is 10.2. The van der Waals surface area contributed by atoms with Crippen LogP contribution in [0, 0.1) is 0 Å². The highest BCUT2D eigenvalue weighted by Gasteiger charge is 2.29. The summed E-state index contributed by atoms with van der Waals surface area (Å²) in [5, 5.41) is 7.14. The van der Waals surface area contributed by atoms with Crippen LogP contribution in [0.3, 0.4) is 0 Å².